The van der Waals surface area contributed by atoms with E-state index < -0.39 is 5.60 Å². The molecular formula is C18H16Cl2N2O. The van der Waals surface area contributed by atoms with E-state index in [9.17, 15) is 5.11 Å². The number of benzene rings is 2. The van der Waals surface area contributed by atoms with E-state index in [1.807, 2.05) is 24.3 Å². The number of nitrogens with one attached hydrogen (secondary N) is 1. The van der Waals surface area contributed by atoms with Crippen LogP contribution in [0.1, 0.15) is 23.4 Å². The fourth-order valence-electron chi connectivity index (χ4n) is 2.64. The van der Waals surface area contributed by atoms with Crippen LogP contribution in [-0.4, -0.2) is 15.1 Å². The molecule has 0 unspecified atom stereocenters. The Morgan fingerprint density at radius 2 is 1.43 bits per heavy atom. The Kier molecular flexibility index (Phi) is 4.71. The van der Waals surface area contributed by atoms with E-state index >= 15 is 0 Å². The van der Waals surface area contributed by atoms with Gasteiger partial charge in [-0.1, -0.05) is 47.5 Å². The molecule has 0 amide bonds. The summed E-state index contributed by atoms with van der Waals surface area (Å²) in [6.45, 7) is 0. The molecule has 3 aromatic rings. The van der Waals surface area contributed by atoms with Gasteiger partial charge in [0, 0.05) is 28.9 Å². The van der Waals surface area contributed by atoms with Gasteiger partial charge >= 0.3 is 0 Å². The maximum atomic E-state index is 11.4. The number of halogens is 2. The number of aryl methyl sites for hydroxylation is 1. The van der Waals surface area contributed by atoms with Crippen molar-refractivity contribution in [2.75, 3.05) is 0 Å². The molecule has 2 N–H and O–H groups in total. The third-order valence-corrected chi connectivity index (χ3v) is 4.43. The number of imidazole rings is 1. The van der Waals surface area contributed by atoms with E-state index in [1.165, 1.54) is 0 Å². The van der Waals surface area contributed by atoms with E-state index in [1.54, 1.807) is 36.7 Å². The number of aromatic amines is 1. The Morgan fingerprint density at radius 3 is 1.87 bits per heavy atom. The highest BCUT2D eigenvalue weighted by Gasteiger charge is 2.31. The summed E-state index contributed by atoms with van der Waals surface area (Å²) in [6, 6.07) is 14.5. The fraction of sp³-hybridized carbons (Fsp3) is 0.167. The Hall–Kier alpha value is -1.81. The second-order valence-electron chi connectivity index (χ2n) is 5.41. The molecule has 0 aliphatic heterocycles. The van der Waals surface area contributed by atoms with Crippen LogP contribution < -0.4 is 0 Å². The molecule has 0 radical (unpaired) electrons. The van der Waals surface area contributed by atoms with Crippen molar-refractivity contribution >= 4 is 23.2 Å². The summed E-state index contributed by atoms with van der Waals surface area (Å²) in [5, 5.41) is 12.7. The number of hydrogen-bond donors (Lipinski definition) is 2. The second kappa shape index (κ2) is 6.75. The molecule has 1 aromatic heterocycles. The van der Waals surface area contributed by atoms with E-state index in [2.05, 4.69) is 9.97 Å². The summed E-state index contributed by atoms with van der Waals surface area (Å²) >= 11 is 11.9. The van der Waals surface area contributed by atoms with Crippen LogP contribution in [0, 0.1) is 0 Å². The van der Waals surface area contributed by atoms with Crippen LogP contribution in [0.2, 0.25) is 10.0 Å². The lowest BCUT2D eigenvalue weighted by atomic mass is 9.82. The predicted octanol–water partition coefficient (Wildman–Crippen LogP) is 4.59. The van der Waals surface area contributed by atoms with Gasteiger partial charge in [-0.05, 0) is 41.8 Å². The molecule has 0 saturated carbocycles. The standard InChI is InChI=1S/C18H16Cl2N2O/c19-15-5-1-13(2-6-15)18(23,10-9-17-21-11-12-22-17)14-3-7-16(20)8-4-14/h1-8,11-12,23H,9-10H2,(H,21,22). The maximum absolute atomic E-state index is 11.4. The molecule has 23 heavy (non-hydrogen) atoms. The summed E-state index contributed by atoms with van der Waals surface area (Å²) in [7, 11) is 0. The number of rotatable bonds is 5. The zero-order valence-corrected chi connectivity index (χ0v) is 13.8. The van der Waals surface area contributed by atoms with E-state index in [0.717, 1.165) is 17.0 Å². The van der Waals surface area contributed by atoms with Crippen molar-refractivity contribution in [3.05, 3.63) is 87.9 Å². The third-order valence-electron chi connectivity index (χ3n) is 3.92. The van der Waals surface area contributed by atoms with Gasteiger partial charge in [-0.3, -0.25) is 0 Å². The van der Waals surface area contributed by atoms with Gasteiger partial charge in [0.2, 0.25) is 0 Å². The molecule has 2 aromatic carbocycles. The smallest absolute Gasteiger partial charge is 0.115 e. The zero-order valence-electron chi connectivity index (χ0n) is 12.3. The first-order valence-corrected chi connectivity index (χ1v) is 8.06. The molecule has 0 fully saturated rings. The van der Waals surface area contributed by atoms with Gasteiger partial charge in [-0.25, -0.2) is 4.98 Å². The van der Waals surface area contributed by atoms with E-state index in [-0.39, 0.29) is 0 Å². The predicted molar refractivity (Wildman–Crippen MR) is 92.8 cm³/mol. The zero-order chi connectivity index (χ0) is 16.3. The average molecular weight is 347 g/mol. The lowest BCUT2D eigenvalue weighted by molar-refractivity contribution is 0.0708. The molecule has 0 atom stereocenters. The average Bonchev–Trinajstić information content (AvgIpc) is 3.07. The first kappa shape index (κ1) is 16.1. The molecule has 5 heteroatoms. The Labute approximate surface area is 144 Å². The van der Waals surface area contributed by atoms with Crippen LogP contribution in [0.3, 0.4) is 0 Å². The van der Waals surface area contributed by atoms with Crippen LogP contribution in [0.4, 0.5) is 0 Å². The largest absolute Gasteiger partial charge is 0.380 e. The van der Waals surface area contributed by atoms with Crippen LogP contribution >= 0.6 is 23.2 Å². The van der Waals surface area contributed by atoms with Crippen molar-refractivity contribution in [3.8, 4) is 0 Å². The van der Waals surface area contributed by atoms with Crippen molar-refractivity contribution in [3.63, 3.8) is 0 Å². The summed E-state index contributed by atoms with van der Waals surface area (Å²) < 4.78 is 0. The first-order valence-electron chi connectivity index (χ1n) is 7.31. The number of H-pyrrole nitrogens is 1. The van der Waals surface area contributed by atoms with Gasteiger partial charge in [0.05, 0.1) is 0 Å². The molecule has 0 saturated heterocycles. The lowest BCUT2D eigenvalue weighted by Gasteiger charge is -2.29. The summed E-state index contributed by atoms with van der Waals surface area (Å²) in [6.07, 6.45) is 4.59. The van der Waals surface area contributed by atoms with Crippen LogP contribution in [-0.2, 0) is 12.0 Å². The molecular weight excluding hydrogens is 331 g/mol. The Bertz CT molecular complexity index is 707. The van der Waals surface area contributed by atoms with Gasteiger partial charge in [0.15, 0.2) is 0 Å². The van der Waals surface area contributed by atoms with Crippen molar-refractivity contribution < 1.29 is 5.11 Å². The van der Waals surface area contributed by atoms with Crippen LogP contribution in [0.25, 0.3) is 0 Å². The van der Waals surface area contributed by atoms with E-state index in [4.69, 9.17) is 23.2 Å². The minimum absolute atomic E-state index is 0.490. The molecule has 3 nitrogen and oxygen atoms in total. The number of nitrogens with zero attached hydrogens (tertiary/aromatic N) is 1. The van der Waals surface area contributed by atoms with Crippen molar-refractivity contribution in [1.82, 2.24) is 9.97 Å². The number of aliphatic hydroxyl groups is 1. The Balaban J connectivity index is 1.97. The molecule has 0 spiro atoms. The molecule has 118 valence electrons. The van der Waals surface area contributed by atoms with Crippen molar-refractivity contribution in [2.24, 2.45) is 0 Å². The van der Waals surface area contributed by atoms with Gasteiger partial charge < -0.3 is 10.1 Å². The summed E-state index contributed by atoms with van der Waals surface area (Å²) in [5.74, 6) is 0.839. The number of hydrogen-bond acceptors (Lipinski definition) is 2. The fourth-order valence-corrected chi connectivity index (χ4v) is 2.89. The van der Waals surface area contributed by atoms with Gasteiger partial charge in [0.25, 0.3) is 0 Å². The van der Waals surface area contributed by atoms with Gasteiger partial charge in [-0.15, -0.1) is 0 Å². The van der Waals surface area contributed by atoms with Crippen molar-refractivity contribution in [1.29, 1.82) is 0 Å². The minimum Gasteiger partial charge on any atom is -0.380 e. The second-order valence-corrected chi connectivity index (χ2v) is 6.28. The topological polar surface area (TPSA) is 48.9 Å². The van der Waals surface area contributed by atoms with Gasteiger partial charge in [0.1, 0.15) is 11.4 Å². The number of aromatic nitrogens is 2. The first-order chi connectivity index (χ1) is 11.1. The Morgan fingerprint density at radius 1 is 0.913 bits per heavy atom. The van der Waals surface area contributed by atoms with Crippen molar-refractivity contribution in [2.45, 2.75) is 18.4 Å². The summed E-state index contributed by atoms with van der Waals surface area (Å²) in [5.41, 5.74) is 0.439. The van der Waals surface area contributed by atoms with E-state index in [0.29, 0.717) is 22.9 Å². The minimum atomic E-state index is -1.14. The highest BCUT2D eigenvalue weighted by Crippen LogP contribution is 2.35. The molecule has 0 bridgehead atoms. The van der Waals surface area contributed by atoms with Crippen LogP contribution in [0.5, 0.6) is 0 Å². The molecule has 0 aliphatic rings. The SMILES string of the molecule is OC(CCc1ncc[nH]1)(c1ccc(Cl)cc1)c1ccc(Cl)cc1. The highest BCUT2D eigenvalue weighted by atomic mass is 35.5. The lowest BCUT2D eigenvalue weighted by Crippen LogP contribution is -2.28. The monoisotopic (exact) mass is 346 g/mol. The molecule has 3 rings (SSSR count). The summed E-state index contributed by atoms with van der Waals surface area (Å²) in [4.78, 5) is 7.29. The normalized spacial score (nSPS) is 11.6. The highest BCUT2D eigenvalue weighted by molar-refractivity contribution is 6.30. The maximum Gasteiger partial charge on any atom is 0.115 e. The van der Waals surface area contributed by atoms with Gasteiger partial charge in [-0.2, -0.15) is 0 Å². The third kappa shape index (κ3) is 3.58. The molecule has 1 heterocycles. The van der Waals surface area contributed by atoms with Crippen LogP contribution in [0.15, 0.2) is 60.9 Å². The molecule has 0 aliphatic carbocycles. The quantitative estimate of drug-likeness (QED) is 0.709.